The van der Waals surface area contributed by atoms with Crippen LogP contribution in [0.2, 0.25) is 0 Å². The minimum atomic E-state index is -0.0509. The van der Waals surface area contributed by atoms with E-state index in [1.54, 1.807) is 12.1 Å². The molecule has 1 N–H and O–H groups in total. The lowest BCUT2D eigenvalue weighted by Gasteiger charge is -2.17. The number of fused-ring (bicyclic) bond motifs is 1. The number of aryl methyl sites for hydroxylation is 1. The Kier molecular flexibility index (Phi) is 7.40. The zero-order valence-corrected chi connectivity index (χ0v) is 19.9. The summed E-state index contributed by atoms with van der Waals surface area (Å²) in [5.74, 6) is -0.0509. The highest BCUT2D eigenvalue weighted by atomic mass is 35.5. The fourth-order valence-corrected chi connectivity index (χ4v) is 4.23. The molecule has 35 heavy (non-hydrogen) atoms. The molecule has 0 bridgehead atoms. The molecule has 4 nitrogen and oxygen atoms in total. The summed E-state index contributed by atoms with van der Waals surface area (Å²) in [5.41, 5.74) is 8.08. The molecule has 0 spiro atoms. The van der Waals surface area contributed by atoms with E-state index >= 15 is 0 Å². The first-order valence-corrected chi connectivity index (χ1v) is 11.4. The molecule has 0 atom stereocenters. The van der Waals surface area contributed by atoms with E-state index in [9.17, 15) is 4.79 Å². The van der Waals surface area contributed by atoms with Crippen LogP contribution in [0.3, 0.4) is 0 Å². The third-order valence-corrected chi connectivity index (χ3v) is 6.14. The van der Waals surface area contributed by atoms with Gasteiger partial charge in [-0.2, -0.15) is 5.26 Å². The van der Waals surface area contributed by atoms with Crippen LogP contribution in [0.4, 0.5) is 5.69 Å². The van der Waals surface area contributed by atoms with Crippen molar-refractivity contribution in [3.05, 3.63) is 125 Å². The van der Waals surface area contributed by atoms with Crippen molar-refractivity contribution in [2.24, 2.45) is 0 Å². The molecule has 3 aromatic carbocycles. The van der Waals surface area contributed by atoms with Gasteiger partial charge in [-0.15, -0.1) is 0 Å². The normalized spacial score (nSPS) is 11.9. The van der Waals surface area contributed by atoms with Gasteiger partial charge in [-0.25, -0.2) is 4.57 Å². The van der Waals surface area contributed by atoms with Crippen molar-refractivity contribution in [1.82, 2.24) is 0 Å². The Balaban J connectivity index is 0.00000289. The van der Waals surface area contributed by atoms with Gasteiger partial charge in [0.05, 0.1) is 11.6 Å². The van der Waals surface area contributed by atoms with E-state index in [0.717, 1.165) is 40.8 Å². The molecule has 1 amide bonds. The summed E-state index contributed by atoms with van der Waals surface area (Å²) in [7, 11) is 0. The fourth-order valence-electron chi connectivity index (χ4n) is 4.23. The number of carbonyl (C=O) groups excluding carboxylic acids is 1. The van der Waals surface area contributed by atoms with E-state index in [4.69, 9.17) is 5.26 Å². The number of hydrogen-bond acceptors (Lipinski definition) is 2. The van der Waals surface area contributed by atoms with Gasteiger partial charge in [-0.1, -0.05) is 54.6 Å². The minimum Gasteiger partial charge on any atom is -1.00 e. The summed E-state index contributed by atoms with van der Waals surface area (Å²) in [6, 6.07) is 30.4. The standard InChI is InChI=1S/C30H23N3O.ClH/c31-20-22-14-16-33(17-15-22)21-23-6-12-29(13-7-23)32-30(34)27-11-9-25-8-10-26(18-28(25)19-27)24-4-2-1-3-5-24;/h1-8,10,12-19H,9,11,21H2;1H. The third-order valence-electron chi connectivity index (χ3n) is 6.14. The van der Waals surface area contributed by atoms with Crippen LogP contribution in [0.25, 0.3) is 17.2 Å². The molecular weight excluding hydrogens is 454 g/mol. The Morgan fingerprint density at radius 2 is 1.63 bits per heavy atom. The van der Waals surface area contributed by atoms with Crippen molar-refractivity contribution in [3.63, 3.8) is 0 Å². The smallest absolute Gasteiger partial charge is 0.251 e. The number of aromatic nitrogens is 1. The molecule has 4 aromatic rings. The summed E-state index contributed by atoms with van der Waals surface area (Å²) < 4.78 is 2.02. The number of nitrogens with zero attached hydrogens (tertiary/aromatic N) is 2. The Morgan fingerprint density at radius 1 is 0.886 bits per heavy atom. The molecule has 5 heteroatoms. The van der Waals surface area contributed by atoms with E-state index in [2.05, 4.69) is 41.7 Å². The second-order valence-electron chi connectivity index (χ2n) is 8.47. The zero-order valence-electron chi connectivity index (χ0n) is 19.1. The van der Waals surface area contributed by atoms with Gasteiger partial charge in [-0.05, 0) is 59.4 Å². The first-order chi connectivity index (χ1) is 16.7. The van der Waals surface area contributed by atoms with Gasteiger partial charge in [0.15, 0.2) is 18.9 Å². The Hall–Kier alpha value is -4.20. The van der Waals surface area contributed by atoms with Crippen LogP contribution in [0.1, 0.15) is 28.7 Å². The lowest BCUT2D eigenvalue weighted by atomic mass is 9.89. The Morgan fingerprint density at radius 3 is 2.34 bits per heavy atom. The largest absolute Gasteiger partial charge is 1.00 e. The molecule has 5 rings (SSSR count). The Labute approximate surface area is 211 Å². The summed E-state index contributed by atoms with van der Waals surface area (Å²) in [4.78, 5) is 13.0. The van der Waals surface area contributed by atoms with E-state index < -0.39 is 0 Å². The number of pyridine rings is 1. The summed E-state index contributed by atoms with van der Waals surface area (Å²) >= 11 is 0. The van der Waals surface area contributed by atoms with Gasteiger partial charge in [0, 0.05) is 29.0 Å². The average molecular weight is 478 g/mol. The van der Waals surface area contributed by atoms with Crippen LogP contribution < -0.4 is 22.3 Å². The number of anilines is 1. The Bertz CT molecular complexity index is 1400. The fraction of sp³-hybridized carbons (Fsp3) is 0.100. The van der Waals surface area contributed by atoms with E-state index in [1.165, 1.54) is 11.1 Å². The highest BCUT2D eigenvalue weighted by molar-refractivity contribution is 6.07. The maximum atomic E-state index is 13.0. The number of carbonyl (C=O) groups is 1. The molecule has 1 aromatic heterocycles. The zero-order chi connectivity index (χ0) is 23.3. The van der Waals surface area contributed by atoms with Crippen LogP contribution in [-0.2, 0) is 17.8 Å². The molecule has 0 fully saturated rings. The number of halogens is 1. The number of rotatable bonds is 5. The predicted molar refractivity (Wildman–Crippen MR) is 134 cm³/mol. The minimum absolute atomic E-state index is 0. The quantitative estimate of drug-likeness (QED) is 0.449. The van der Waals surface area contributed by atoms with Gasteiger partial charge in [0.1, 0.15) is 0 Å². The molecule has 0 radical (unpaired) electrons. The van der Waals surface area contributed by atoms with Gasteiger partial charge in [0.2, 0.25) is 0 Å². The van der Waals surface area contributed by atoms with Crippen molar-refractivity contribution in [2.75, 3.05) is 5.32 Å². The van der Waals surface area contributed by atoms with E-state index in [-0.39, 0.29) is 18.3 Å². The van der Waals surface area contributed by atoms with Crippen LogP contribution in [0.15, 0.2) is 103 Å². The van der Waals surface area contributed by atoms with Crippen LogP contribution in [-0.4, -0.2) is 5.91 Å². The molecule has 0 unspecified atom stereocenters. The monoisotopic (exact) mass is 477 g/mol. The maximum Gasteiger partial charge on any atom is 0.251 e. The van der Waals surface area contributed by atoms with Crippen molar-refractivity contribution < 1.29 is 21.8 Å². The number of benzene rings is 3. The molecule has 1 aliphatic rings. The SMILES string of the molecule is N#Cc1cc[n+](Cc2ccc(NC(=O)C3=Cc4cc(-c5ccccc5)ccc4CC3)cc2)cc1.[Cl-]. The summed E-state index contributed by atoms with van der Waals surface area (Å²) in [6.07, 6.45) is 7.41. The highest BCUT2D eigenvalue weighted by Gasteiger charge is 2.17. The van der Waals surface area contributed by atoms with Crippen molar-refractivity contribution in [1.29, 1.82) is 5.26 Å². The van der Waals surface area contributed by atoms with Crippen molar-refractivity contribution >= 4 is 17.7 Å². The first-order valence-electron chi connectivity index (χ1n) is 11.4. The van der Waals surface area contributed by atoms with Gasteiger partial charge >= 0.3 is 0 Å². The van der Waals surface area contributed by atoms with Crippen LogP contribution >= 0.6 is 0 Å². The second kappa shape index (κ2) is 10.8. The second-order valence-corrected chi connectivity index (χ2v) is 8.47. The summed E-state index contributed by atoms with van der Waals surface area (Å²) in [5, 5.41) is 12.0. The summed E-state index contributed by atoms with van der Waals surface area (Å²) in [6.45, 7) is 0.700. The number of nitrogens with one attached hydrogen (secondary N) is 1. The molecule has 0 aliphatic heterocycles. The lowest BCUT2D eigenvalue weighted by Crippen LogP contribution is -3.00. The third kappa shape index (κ3) is 5.66. The maximum absolute atomic E-state index is 13.0. The molecular formula is C30H24ClN3O. The molecule has 0 saturated carbocycles. The van der Waals surface area contributed by atoms with Crippen molar-refractivity contribution in [2.45, 2.75) is 19.4 Å². The van der Waals surface area contributed by atoms with Gasteiger partial charge in [0.25, 0.3) is 5.91 Å². The van der Waals surface area contributed by atoms with E-state index in [1.807, 2.05) is 65.5 Å². The van der Waals surface area contributed by atoms with Gasteiger partial charge < -0.3 is 17.7 Å². The molecule has 1 heterocycles. The van der Waals surface area contributed by atoms with Gasteiger partial charge in [-0.3, -0.25) is 4.79 Å². The first kappa shape index (κ1) is 23.9. The lowest BCUT2D eigenvalue weighted by molar-refractivity contribution is -0.688. The topological polar surface area (TPSA) is 56.8 Å². The number of hydrogen-bond donors (Lipinski definition) is 1. The average Bonchev–Trinajstić information content (AvgIpc) is 2.90. The van der Waals surface area contributed by atoms with E-state index in [0.29, 0.717) is 12.1 Å². The van der Waals surface area contributed by atoms with Crippen molar-refractivity contribution in [3.8, 4) is 17.2 Å². The molecule has 172 valence electrons. The molecule has 1 aliphatic carbocycles. The predicted octanol–water partition coefficient (Wildman–Crippen LogP) is 2.53. The number of nitriles is 1. The highest BCUT2D eigenvalue weighted by Crippen LogP contribution is 2.29. The molecule has 0 saturated heterocycles. The number of amides is 1. The van der Waals surface area contributed by atoms with Crippen LogP contribution in [0, 0.1) is 11.3 Å². The van der Waals surface area contributed by atoms with Crippen LogP contribution in [0.5, 0.6) is 0 Å².